The highest BCUT2D eigenvalue weighted by molar-refractivity contribution is 7.17. The Morgan fingerprint density at radius 1 is 0.288 bits per heavy atom. The molecule has 0 amide bonds. The van der Waals surface area contributed by atoms with Gasteiger partial charge in [-0.1, -0.05) is 258 Å². The molecule has 0 nitrogen and oxygen atoms in total. The molecule has 0 radical (unpaired) electrons. The lowest BCUT2D eigenvalue weighted by atomic mass is 9.93. The van der Waals surface area contributed by atoms with Gasteiger partial charge in [0, 0.05) is 0 Å². The maximum Gasteiger partial charge on any atom is 0.177 e. The van der Waals surface area contributed by atoms with Crippen LogP contribution in [0.4, 0.5) is 0 Å². The first-order chi connectivity index (χ1) is 35.6. The molecule has 0 saturated heterocycles. The van der Waals surface area contributed by atoms with E-state index in [2.05, 4.69) is 267 Å². The van der Waals surface area contributed by atoms with Gasteiger partial charge >= 0.3 is 0 Å². The lowest BCUT2D eigenvalue weighted by Gasteiger charge is -2.42. The molecule has 9 aromatic carbocycles. The molecule has 362 valence electrons. The number of rotatable bonds is 16. The summed E-state index contributed by atoms with van der Waals surface area (Å²) < 4.78 is 0. The lowest BCUT2D eigenvalue weighted by Crippen LogP contribution is -2.71. The quantitative estimate of drug-likeness (QED) is 0.0669. The van der Waals surface area contributed by atoms with Crippen LogP contribution in [0, 0.1) is 26.7 Å². The van der Waals surface area contributed by atoms with E-state index in [1.807, 2.05) is 0 Å². The highest BCUT2D eigenvalue weighted by atomic mass is 28.3. The van der Waals surface area contributed by atoms with Crippen LogP contribution in [-0.2, 0) is 38.5 Å². The van der Waals surface area contributed by atoms with Gasteiger partial charge in [0.05, 0.1) is 0 Å². The summed E-state index contributed by atoms with van der Waals surface area (Å²) in [7, 11) is -3.29. The van der Waals surface area contributed by atoms with Crippen LogP contribution in [0.5, 0.6) is 0 Å². The Bertz CT molecular complexity index is 3090. The van der Waals surface area contributed by atoms with Gasteiger partial charge in [-0.05, 0) is 174 Å². The van der Waals surface area contributed by atoms with Gasteiger partial charge < -0.3 is 0 Å². The molecular weight excluding hydrogens is 893 g/mol. The number of hydrogen-bond donors (Lipinski definition) is 0. The minimum absolute atomic E-state index is 0.259. The average molecular weight is 963 g/mol. The molecule has 0 aromatic heterocycles. The van der Waals surface area contributed by atoms with Crippen LogP contribution in [0.2, 0.25) is 0 Å². The van der Waals surface area contributed by atoms with E-state index in [1.165, 1.54) is 116 Å². The van der Waals surface area contributed by atoms with Gasteiger partial charge in [-0.3, -0.25) is 0 Å². The maximum absolute atomic E-state index is 3.29. The van der Waals surface area contributed by atoms with Crippen LogP contribution in [0.15, 0.2) is 240 Å². The molecule has 9 aromatic rings. The zero-order chi connectivity index (χ0) is 50.5. The normalized spacial score (nSPS) is 13.8. The van der Waals surface area contributed by atoms with Crippen LogP contribution in [0.1, 0.15) is 111 Å². The topological polar surface area (TPSA) is 0 Å². The van der Waals surface area contributed by atoms with Crippen molar-refractivity contribution >= 4 is 23.6 Å². The molecular formula is C72H70Si. The van der Waals surface area contributed by atoms with Crippen LogP contribution in [-0.4, -0.2) is 8.07 Å². The predicted octanol–water partition coefficient (Wildman–Crippen LogP) is 15.5. The molecule has 0 saturated carbocycles. The molecule has 0 heterocycles. The first-order valence-electron chi connectivity index (χ1n) is 26.6. The summed E-state index contributed by atoms with van der Waals surface area (Å²) in [6.45, 7) is 17.2. The Balaban J connectivity index is 1.34. The van der Waals surface area contributed by atoms with E-state index in [-0.39, 0.29) is 5.92 Å². The lowest BCUT2D eigenvalue weighted by molar-refractivity contribution is 0.851. The molecule has 1 aliphatic rings. The fourth-order valence-corrected chi connectivity index (χ4v) is 18.9. The maximum atomic E-state index is 2.74. The molecule has 1 heteroatoms. The summed E-state index contributed by atoms with van der Waals surface area (Å²) >= 11 is 0. The van der Waals surface area contributed by atoms with E-state index in [1.54, 1.807) is 5.20 Å². The molecule has 0 spiro atoms. The summed E-state index contributed by atoms with van der Waals surface area (Å²) in [6.07, 6.45) is 5.27. The predicted molar refractivity (Wildman–Crippen MR) is 314 cm³/mol. The molecule has 0 N–H and O–H groups in total. The highest BCUT2D eigenvalue weighted by Gasteiger charge is 2.51. The first kappa shape index (κ1) is 49.3. The molecule has 1 unspecified atom stereocenters. The fourth-order valence-electron chi connectivity index (χ4n) is 12.4. The fraction of sp³-hybridized carbons (Fsp3) is 0.194. The summed E-state index contributed by atoms with van der Waals surface area (Å²) in [4.78, 5) is 0. The van der Waals surface area contributed by atoms with Crippen molar-refractivity contribution in [3.63, 3.8) is 0 Å². The van der Waals surface area contributed by atoms with Crippen molar-refractivity contribution in [2.75, 3.05) is 0 Å². The third-order valence-corrected chi connectivity index (χ3v) is 22.0. The van der Waals surface area contributed by atoms with Crippen molar-refractivity contribution in [2.45, 2.75) is 87.0 Å². The van der Waals surface area contributed by atoms with E-state index in [4.69, 9.17) is 0 Å². The number of benzene rings is 9. The van der Waals surface area contributed by atoms with Crippen LogP contribution < -0.4 is 15.6 Å². The number of hydrogen-bond acceptors (Lipinski definition) is 0. The van der Waals surface area contributed by atoms with Crippen molar-refractivity contribution in [3.8, 4) is 0 Å². The van der Waals surface area contributed by atoms with E-state index in [0.29, 0.717) is 0 Å². The molecule has 10 rings (SSSR count). The van der Waals surface area contributed by atoms with Crippen molar-refractivity contribution in [3.05, 3.63) is 324 Å². The largest absolute Gasteiger partial charge is 0.177 e. The van der Waals surface area contributed by atoms with E-state index in [9.17, 15) is 0 Å². The Morgan fingerprint density at radius 2 is 0.507 bits per heavy atom. The summed E-state index contributed by atoms with van der Waals surface area (Å²) in [6, 6.07) is 82.9. The third kappa shape index (κ3) is 10.4. The second kappa shape index (κ2) is 21.8. The zero-order valence-electron chi connectivity index (χ0n) is 44.1. The smallest absolute Gasteiger partial charge is 0.0636 e. The summed E-state index contributed by atoms with van der Waals surface area (Å²) in [5.74, 6) is 0.259. The van der Waals surface area contributed by atoms with E-state index in [0.717, 1.165) is 38.5 Å². The monoisotopic (exact) mass is 963 g/mol. The van der Waals surface area contributed by atoms with Gasteiger partial charge in [0.2, 0.25) is 0 Å². The Morgan fingerprint density at radius 3 is 0.712 bits per heavy atom. The third-order valence-electron chi connectivity index (χ3n) is 16.3. The minimum atomic E-state index is -3.29. The van der Waals surface area contributed by atoms with E-state index < -0.39 is 8.07 Å². The van der Waals surface area contributed by atoms with Crippen LogP contribution in [0.25, 0.3) is 0 Å². The molecule has 0 fully saturated rings. The summed E-state index contributed by atoms with van der Waals surface area (Å²) in [5, 5.41) is 6.20. The Hall–Kier alpha value is -7.32. The first-order valence-corrected chi connectivity index (χ1v) is 28.6. The number of aryl methyl sites for hydroxylation is 3. The Labute approximate surface area is 437 Å². The van der Waals surface area contributed by atoms with Gasteiger partial charge in [-0.2, -0.15) is 0 Å². The van der Waals surface area contributed by atoms with Gasteiger partial charge in [0.15, 0.2) is 8.07 Å². The molecule has 0 aliphatic heterocycles. The summed E-state index contributed by atoms with van der Waals surface area (Å²) in [5.41, 5.74) is 25.1. The van der Waals surface area contributed by atoms with Crippen LogP contribution >= 0.6 is 0 Å². The second-order valence-corrected chi connectivity index (χ2v) is 24.8. The van der Waals surface area contributed by atoms with E-state index >= 15 is 0 Å². The zero-order valence-corrected chi connectivity index (χ0v) is 45.1. The molecule has 1 aliphatic carbocycles. The van der Waals surface area contributed by atoms with Crippen molar-refractivity contribution in [1.82, 2.24) is 0 Å². The van der Waals surface area contributed by atoms with Gasteiger partial charge in [0.1, 0.15) is 0 Å². The van der Waals surface area contributed by atoms with Gasteiger partial charge in [0.25, 0.3) is 0 Å². The van der Waals surface area contributed by atoms with Crippen molar-refractivity contribution in [2.24, 2.45) is 5.92 Å². The van der Waals surface area contributed by atoms with Crippen molar-refractivity contribution < 1.29 is 0 Å². The van der Waals surface area contributed by atoms with Crippen LogP contribution in [0.3, 0.4) is 0 Å². The minimum Gasteiger partial charge on any atom is -0.0636 e. The standard InChI is InChI=1S/C72H70Si/c1-50-38-63(41-57-26-14-8-15-27-57)66(44-60-32-20-11-21-33-60)47-69(50)73(72-55(6)53(4)54(5)56(72)7,70-48-67(45-61-34-22-12-23-35-61)64(39-51(70)2)42-58-28-16-9-17-29-58)71-49-68(46-62-36-24-13-25-37-62)65(40-52(71)3)43-59-30-18-10-19-31-59/h8-40,47-49,55H,41-46H2,1-7H3. The highest BCUT2D eigenvalue weighted by Crippen LogP contribution is 2.43. The Kier molecular flexibility index (Phi) is 14.7. The average Bonchev–Trinajstić information content (AvgIpc) is 3.60. The SMILES string of the molecule is CC1=C(C)C(C)C([Si](c2cc(Cc3ccccc3)c(Cc3ccccc3)cc2C)(c2cc(Cc3ccccc3)c(Cc3ccccc3)cc2C)c2cc(Cc3ccccc3)c(Cc3ccccc3)cc2C)=C1C. The molecule has 1 atom stereocenters. The van der Waals surface area contributed by atoms with Crippen molar-refractivity contribution in [1.29, 1.82) is 0 Å². The second-order valence-electron chi connectivity index (χ2n) is 21.1. The number of allylic oxidation sites excluding steroid dienone is 4. The molecule has 73 heavy (non-hydrogen) atoms. The van der Waals surface area contributed by atoms with Gasteiger partial charge in [-0.25, -0.2) is 0 Å². The van der Waals surface area contributed by atoms with Gasteiger partial charge in [-0.15, -0.1) is 0 Å². The molecule has 0 bridgehead atoms.